The van der Waals surface area contributed by atoms with Crippen LogP contribution in [0.25, 0.3) is 11.2 Å². The summed E-state index contributed by atoms with van der Waals surface area (Å²) in [5.41, 5.74) is 4.36. The largest absolute Gasteiger partial charge is 0.469 e. The first-order valence-electron chi connectivity index (χ1n) is 6.64. The molecule has 24 heavy (non-hydrogen) atoms. The van der Waals surface area contributed by atoms with E-state index >= 15 is 0 Å². The predicted molar refractivity (Wildman–Crippen MR) is 75.2 cm³/mol. The van der Waals surface area contributed by atoms with Crippen molar-refractivity contribution in [3.63, 3.8) is 0 Å². The lowest BCUT2D eigenvalue weighted by atomic mass is 10.2. The highest BCUT2D eigenvalue weighted by Crippen LogP contribution is 2.43. The van der Waals surface area contributed by atoms with Gasteiger partial charge in [0.05, 0.1) is 6.61 Å². The van der Waals surface area contributed by atoms with Crippen LogP contribution in [0.2, 0.25) is 0 Å². The highest BCUT2D eigenvalue weighted by molar-refractivity contribution is 7.46. The highest BCUT2D eigenvalue weighted by atomic mass is 31.2. The summed E-state index contributed by atoms with van der Waals surface area (Å²) in [5, 5.41) is 21.0. The molecule has 6 N–H and O–H groups in total. The molecule has 2 aromatic heterocycles. The molecule has 1 saturated heterocycles. The molecular formula is C10H13N5O8P. The summed E-state index contributed by atoms with van der Waals surface area (Å²) in [6.45, 7) is -0.595. The third-order valence-electron chi connectivity index (χ3n) is 3.47. The van der Waals surface area contributed by atoms with E-state index in [0.717, 1.165) is 4.57 Å². The summed E-state index contributed by atoms with van der Waals surface area (Å²) < 4.78 is 21.9. The quantitative estimate of drug-likeness (QED) is 0.402. The van der Waals surface area contributed by atoms with Gasteiger partial charge in [0.2, 0.25) is 5.95 Å². The molecule has 1 aliphatic rings. The number of rotatable bonds is 4. The summed E-state index contributed by atoms with van der Waals surface area (Å²) in [6, 6.07) is 0. The number of nitrogens with zero attached hydrogens (tertiary/aromatic N) is 3. The van der Waals surface area contributed by atoms with Crippen molar-refractivity contribution in [3.8, 4) is 5.88 Å². The van der Waals surface area contributed by atoms with Crippen LogP contribution in [-0.2, 0) is 18.9 Å². The second-order valence-corrected chi connectivity index (χ2v) is 6.26. The van der Waals surface area contributed by atoms with Gasteiger partial charge in [-0.25, -0.2) is 13.9 Å². The fourth-order valence-corrected chi connectivity index (χ4v) is 3.14. The average Bonchev–Trinajstić information content (AvgIpc) is 2.97. The highest BCUT2D eigenvalue weighted by Gasteiger charge is 2.41. The molecule has 1 aliphatic heterocycles. The summed E-state index contributed by atoms with van der Waals surface area (Å²) >= 11 is 0. The number of nitrogen functional groups attached to an aromatic ring is 1. The Bertz CT molecular complexity index is 874. The third-order valence-corrected chi connectivity index (χ3v) is 4.02. The minimum absolute atomic E-state index is 0.115. The maximum atomic E-state index is 12.1. The molecule has 0 aromatic carbocycles. The molecule has 0 unspecified atom stereocenters. The number of ether oxygens (including phenoxy) is 1. The molecule has 3 atom stereocenters. The van der Waals surface area contributed by atoms with Crippen LogP contribution < -0.4 is 11.4 Å². The first-order valence-corrected chi connectivity index (χ1v) is 8.17. The van der Waals surface area contributed by atoms with E-state index < -0.39 is 44.4 Å². The Balaban J connectivity index is 2.01. The van der Waals surface area contributed by atoms with Gasteiger partial charge in [-0.3, -0.25) is 14.6 Å². The molecule has 2 aromatic rings. The zero-order valence-corrected chi connectivity index (χ0v) is 12.8. The zero-order valence-electron chi connectivity index (χ0n) is 11.9. The van der Waals surface area contributed by atoms with Gasteiger partial charge in [-0.1, -0.05) is 0 Å². The van der Waals surface area contributed by atoms with Gasteiger partial charge in [0.1, 0.15) is 18.4 Å². The van der Waals surface area contributed by atoms with Crippen LogP contribution in [0.1, 0.15) is 12.6 Å². The molecule has 14 heteroatoms. The first-order chi connectivity index (χ1) is 11.2. The topological polar surface area (TPSA) is 206 Å². The normalized spacial score (nSPS) is 24.7. The first kappa shape index (κ1) is 16.8. The van der Waals surface area contributed by atoms with E-state index in [1.165, 1.54) is 0 Å². The summed E-state index contributed by atoms with van der Waals surface area (Å²) in [4.78, 5) is 39.4. The Morgan fingerprint density at radius 2 is 2.17 bits per heavy atom. The van der Waals surface area contributed by atoms with Crippen molar-refractivity contribution >= 4 is 24.9 Å². The van der Waals surface area contributed by atoms with Crippen LogP contribution in [0.4, 0.5) is 5.95 Å². The number of anilines is 1. The van der Waals surface area contributed by atoms with Crippen molar-refractivity contribution in [2.45, 2.75) is 24.9 Å². The number of nitrogens with two attached hydrogens (primary N) is 1. The lowest BCUT2D eigenvalue weighted by Crippen LogP contribution is -2.27. The molecule has 1 radical (unpaired) electrons. The molecule has 1 fully saturated rings. The number of aromatic amines is 1. The molecular weight excluding hydrogens is 349 g/mol. The molecule has 13 nitrogen and oxygen atoms in total. The van der Waals surface area contributed by atoms with Gasteiger partial charge in [-0.15, -0.1) is 0 Å². The van der Waals surface area contributed by atoms with E-state index in [0.29, 0.717) is 0 Å². The molecule has 131 valence electrons. The van der Waals surface area contributed by atoms with Gasteiger partial charge in [0.25, 0.3) is 0 Å². The fraction of sp³-hybridized carbons (Fsp3) is 0.500. The second kappa shape index (κ2) is 5.81. The van der Waals surface area contributed by atoms with Gasteiger partial charge in [0, 0.05) is 6.42 Å². The Morgan fingerprint density at radius 3 is 2.79 bits per heavy atom. The third kappa shape index (κ3) is 3.00. The number of fused-ring (bicyclic) bond motifs is 1. The number of phosphoric acid groups is 1. The van der Waals surface area contributed by atoms with Crippen LogP contribution in [0.3, 0.4) is 0 Å². The van der Waals surface area contributed by atoms with Crippen LogP contribution in [0.15, 0.2) is 4.79 Å². The monoisotopic (exact) mass is 362 g/mol. The zero-order chi connectivity index (χ0) is 17.6. The van der Waals surface area contributed by atoms with Gasteiger partial charge >= 0.3 is 19.4 Å². The number of aromatic nitrogens is 4. The van der Waals surface area contributed by atoms with Gasteiger partial charge in [-0.05, 0) is 0 Å². The Morgan fingerprint density at radius 1 is 1.46 bits per heavy atom. The van der Waals surface area contributed by atoms with E-state index in [-0.39, 0.29) is 23.5 Å². The van der Waals surface area contributed by atoms with E-state index in [4.69, 9.17) is 20.3 Å². The fourth-order valence-electron chi connectivity index (χ4n) is 2.57. The molecule has 3 heterocycles. The minimum atomic E-state index is -4.83. The summed E-state index contributed by atoms with van der Waals surface area (Å²) in [5.74, 6) is -1.13. The predicted octanol–water partition coefficient (Wildman–Crippen LogP) is -1.40. The number of hydrogen-bond acceptors (Lipinski definition) is 8. The lowest BCUT2D eigenvalue weighted by Gasteiger charge is -2.16. The van der Waals surface area contributed by atoms with Crippen molar-refractivity contribution in [2.24, 2.45) is 0 Å². The smallest absolute Gasteiger partial charge is 0.394 e. The number of aliphatic hydroxyl groups excluding tert-OH is 1. The van der Waals surface area contributed by atoms with Crippen LogP contribution in [0.5, 0.6) is 5.88 Å². The maximum Gasteiger partial charge on any atom is 0.469 e. The molecule has 0 spiro atoms. The molecule has 3 rings (SSSR count). The number of phosphoric ester groups is 1. The van der Waals surface area contributed by atoms with E-state index in [1.54, 1.807) is 0 Å². The van der Waals surface area contributed by atoms with Crippen LogP contribution >= 0.6 is 7.82 Å². The van der Waals surface area contributed by atoms with Crippen LogP contribution in [0, 0.1) is 0 Å². The summed E-state index contributed by atoms with van der Waals surface area (Å²) in [6.07, 6.45) is -3.48. The second-order valence-electron chi connectivity index (χ2n) is 5.07. The van der Waals surface area contributed by atoms with Crippen LogP contribution in [-0.4, -0.2) is 53.2 Å². The SMILES string of the molecule is Nc1nc([O])c2[nH]c(=O)n([C@H]3C[C@H](OP(=O)(O)O)[C@@H](CO)O3)c2n1. The number of hydrogen-bond donors (Lipinski definition) is 5. The van der Waals surface area contributed by atoms with Crippen molar-refractivity contribution in [1.29, 1.82) is 0 Å². The number of H-pyrrole nitrogens is 1. The van der Waals surface area contributed by atoms with Gasteiger partial charge < -0.3 is 25.4 Å². The molecule has 0 aliphatic carbocycles. The number of nitrogens with one attached hydrogen (secondary N) is 1. The van der Waals surface area contributed by atoms with Crippen molar-refractivity contribution in [2.75, 3.05) is 12.3 Å². The van der Waals surface area contributed by atoms with E-state index in [2.05, 4.69) is 19.5 Å². The molecule has 0 amide bonds. The Kier molecular flexibility index (Phi) is 4.07. The summed E-state index contributed by atoms with van der Waals surface area (Å²) in [7, 11) is -4.83. The van der Waals surface area contributed by atoms with E-state index in [1.807, 2.05) is 0 Å². The molecule has 0 saturated carbocycles. The lowest BCUT2D eigenvalue weighted by molar-refractivity contribution is -0.0435. The van der Waals surface area contributed by atoms with Gasteiger partial charge in [-0.2, -0.15) is 9.97 Å². The Hall–Kier alpha value is -2.02. The van der Waals surface area contributed by atoms with Crippen molar-refractivity contribution in [3.05, 3.63) is 10.5 Å². The number of aliphatic hydroxyl groups is 1. The molecule has 0 bridgehead atoms. The van der Waals surface area contributed by atoms with Crippen molar-refractivity contribution < 1.29 is 33.8 Å². The standard InChI is InChI=1S/C10H13N5O8P/c11-9-13-7-6(8(17)14-9)12-10(18)15(7)5-1-3(4(2-16)22-5)23-24(19,20)21/h3-5,16H,1-2H2,(H,12,18)(H2,11,13,14)(H2,19,20,21)/t3-,4+,5+/m0/s1. The maximum absolute atomic E-state index is 12.1. The van der Waals surface area contributed by atoms with Crippen molar-refractivity contribution in [1.82, 2.24) is 19.5 Å². The van der Waals surface area contributed by atoms with Gasteiger partial charge in [0.15, 0.2) is 11.2 Å². The number of imidazole rings is 1. The Labute approximate surface area is 132 Å². The van der Waals surface area contributed by atoms with E-state index in [9.17, 15) is 19.6 Å². The average molecular weight is 362 g/mol. The minimum Gasteiger partial charge on any atom is -0.394 e.